The lowest BCUT2D eigenvalue weighted by atomic mass is 9.91. The van der Waals surface area contributed by atoms with Gasteiger partial charge >= 0.3 is 0 Å². The lowest BCUT2D eigenvalue weighted by Gasteiger charge is -2.34. The average Bonchev–Trinajstić information content (AvgIpc) is 2.44. The molecule has 1 unspecified atom stereocenters. The van der Waals surface area contributed by atoms with Gasteiger partial charge in [-0.05, 0) is 42.9 Å². The first-order chi connectivity index (χ1) is 9.82. The van der Waals surface area contributed by atoms with Crippen LogP contribution in [-0.2, 0) is 17.6 Å². The maximum Gasteiger partial charge on any atom is 0.232 e. The molecule has 1 aromatic carbocycles. The van der Waals surface area contributed by atoms with Crippen LogP contribution in [0.15, 0.2) is 18.2 Å². The van der Waals surface area contributed by atoms with Crippen molar-refractivity contribution in [2.75, 3.05) is 11.4 Å². The van der Waals surface area contributed by atoms with E-state index in [4.69, 9.17) is 0 Å². The Morgan fingerprint density at radius 3 is 2.71 bits per heavy atom. The Kier molecular flexibility index (Phi) is 5.13. The Morgan fingerprint density at radius 2 is 2.10 bits per heavy atom. The Balaban J connectivity index is 2.26. The summed E-state index contributed by atoms with van der Waals surface area (Å²) in [5, 5.41) is 0. The largest absolute Gasteiger partial charge is 0.312 e. The van der Waals surface area contributed by atoms with Crippen LogP contribution in [0.5, 0.6) is 0 Å². The number of nitrogens with zero attached hydrogens (tertiary/aromatic N) is 1. The maximum atomic E-state index is 12.6. The Labute approximate surface area is 137 Å². The number of anilines is 1. The van der Waals surface area contributed by atoms with Crippen LogP contribution in [-0.4, -0.2) is 17.3 Å². The molecule has 0 aromatic heterocycles. The molecule has 0 spiro atoms. The second-order valence-corrected chi connectivity index (χ2v) is 8.28. The zero-order valence-corrected chi connectivity index (χ0v) is 15.2. The fourth-order valence-electron chi connectivity index (χ4n) is 2.79. The number of benzene rings is 1. The molecule has 1 amide bonds. The first-order valence-corrected chi connectivity index (χ1v) is 8.82. The molecule has 2 rings (SSSR count). The van der Waals surface area contributed by atoms with Crippen LogP contribution in [0.3, 0.4) is 0 Å². The van der Waals surface area contributed by atoms with Crippen molar-refractivity contribution in [3.8, 4) is 0 Å². The molecule has 0 saturated carbocycles. The molecule has 1 aromatic rings. The highest BCUT2D eigenvalue weighted by Crippen LogP contribution is 2.32. The normalized spacial score (nSPS) is 16.5. The van der Waals surface area contributed by atoms with E-state index in [1.165, 1.54) is 11.1 Å². The van der Waals surface area contributed by atoms with Crippen LogP contribution in [0.2, 0.25) is 0 Å². The number of aryl methyl sites for hydroxylation is 1. The number of rotatable bonds is 3. The van der Waals surface area contributed by atoms with Gasteiger partial charge in [0.05, 0.1) is 0 Å². The third-order valence-corrected chi connectivity index (χ3v) is 5.02. The Hall–Kier alpha value is -0.830. The lowest BCUT2D eigenvalue weighted by Crippen LogP contribution is -2.42. The number of hydrogen-bond donors (Lipinski definition) is 0. The predicted molar refractivity (Wildman–Crippen MR) is 93.3 cm³/mol. The van der Waals surface area contributed by atoms with Gasteiger partial charge < -0.3 is 4.90 Å². The summed E-state index contributed by atoms with van der Waals surface area (Å²) in [5.41, 5.74) is 3.48. The first-order valence-electron chi connectivity index (χ1n) is 7.90. The summed E-state index contributed by atoms with van der Waals surface area (Å²) >= 11 is 3.71. The summed E-state index contributed by atoms with van der Waals surface area (Å²) in [7, 11) is 0. The van der Waals surface area contributed by atoms with E-state index in [1.807, 2.05) is 25.7 Å². The molecule has 21 heavy (non-hydrogen) atoms. The van der Waals surface area contributed by atoms with E-state index in [1.54, 1.807) is 0 Å². The number of amides is 1. The topological polar surface area (TPSA) is 20.3 Å². The van der Waals surface area contributed by atoms with Gasteiger partial charge in [-0.3, -0.25) is 4.79 Å². The summed E-state index contributed by atoms with van der Waals surface area (Å²) in [6.07, 6.45) is 4.32. The molecule has 1 aliphatic heterocycles. The Bertz CT molecular complexity index is 518. The minimum atomic E-state index is -0.323. The number of halogens is 1. The van der Waals surface area contributed by atoms with Crippen molar-refractivity contribution in [1.82, 2.24) is 0 Å². The van der Waals surface area contributed by atoms with Gasteiger partial charge in [-0.15, -0.1) is 0 Å². The van der Waals surface area contributed by atoms with E-state index in [2.05, 4.69) is 41.1 Å². The molecule has 0 fully saturated rings. The average molecular weight is 352 g/mol. The van der Waals surface area contributed by atoms with E-state index < -0.39 is 0 Å². The van der Waals surface area contributed by atoms with Crippen LogP contribution in [0.4, 0.5) is 5.69 Å². The summed E-state index contributed by atoms with van der Waals surface area (Å²) in [4.78, 5) is 15.1. The van der Waals surface area contributed by atoms with E-state index >= 15 is 0 Å². The molecular formula is C18H26BrNO. The fraction of sp³-hybridized carbons (Fsp3) is 0.611. The quantitative estimate of drug-likeness (QED) is 0.721. The lowest BCUT2D eigenvalue weighted by molar-refractivity contribution is -0.125. The molecule has 3 heteroatoms. The minimum absolute atomic E-state index is 0.225. The Morgan fingerprint density at radius 1 is 1.38 bits per heavy atom. The maximum absolute atomic E-state index is 12.6. The summed E-state index contributed by atoms with van der Waals surface area (Å²) < 4.78 is 0. The van der Waals surface area contributed by atoms with Gasteiger partial charge in [0, 0.05) is 22.5 Å². The first kappa shape index (κ1) is 16.5. The molecule has 0 N–H and O–H groups in total. The second-order valence-electron chi connectivity index (χ2n) is 6.98. The number of fused-ring (bicyclic) bond motifs is 1. The second kappa shape index (κ2) is 6.51. The third kappa shape index (κ3) is 3.88. The number of alkyl halides is 1. The van der Waals surface area contributed by atoms with E-state index in [-0.39, 0.29) is 11.3 Å². The predicted octanol–water partition coefficient (Wildman–Crippen LogP) is 4.73. The van der Waals surface area contributed by atoms with Gasteiger partial charge in [0.25, 0.3) is 0 Å². The smallest absolute Gasteiger partial charge is 0.232 e. The minimum Gasteiger partial charge on any atom is -0.312 e. The van der Waals surface area contributed by atoms with Gasteiger partial charge in [0.1, 0.15) is 0 Å². The number of carbonyl (C=O) groups is 1. The molecule has 1 atom stereocenters. The van der Waals surface area contributed by atoms with Crippen LogP contribution >= 0.6 is 15.9 Å². The van der Waals surface area contributed by atoms with Gasteiger partial charge in [0.15, 0.2) is 0 Å². The van der Waals surface area contributed by atoms with Crippen molar-refractivity contribution >= 4 is 27.5 Å². The van der Waals surface area contributed by atoms with Crippen molar-refractivity contribution in [2.24, 2.45) is 5.41 Å². The summed E-state index contributed by atoms with van der Waals surface area (Å²) in [5.74, 6) is 0.225. The van der Waals surface area contributed by atoms with Crippen molar-refractivity contribution in [3.05, 3.63) is 29.3 Å². The molecule has 2 nitrogen and oxygen atoms in total. The van der Waals surface area contributed by atoms with E-state index in [9.17, 15) is 4.79 Å². The molecular weight excluding hydrogens is 326 g/mol. The molecule has 0 bridgehead atoms. The van der Waals surface area contributed by atoms with Crippen LogP contribution in [0.1, 0.15) is 51.7 Å². The van der Waals surface area contributed by atoms with Crippen LogP contribution in [0, 0.1) is 5.41 Å². The van der Waals surface area contributed by atoms with Gasteiger partial charge in [-0.25, -0.2) is 0 Å². The van der Waals surface area contributed by atoms with Crippen LogP contribution < -0.4 is 4.90 Å². The fourth-order valence-corrected chi connectivity index (χ4v) is 3.17. The molecule has 1 aliphatic rings. The van der Waals surface area contributed by atoms with Gasteiger partial charge in [0.2, 0.25) is 5.91 Å². The van der Waals surface area contributed by atoms with Gasteiger partial charge in [-0.1, -0.05) is 55.8 Å². The summed E-state index contributed by atoms with van der Waals surface area (Å²) in [6, 6.07) is 6.61. The third-order valence-electron chi connectivity index (χ3n) is 4.05. The van der Waals surface area contributed by atoms with E-state index in [0.29, 0.717) is 4.83 Å². The number of carbonyl (C=O) groups excluding carboxylic acids is 1. The molecule has 1 heterocycles. The van der Waals surface area contributed by atoms with Crippen molar-refractivity contribution in [3.63, 3.8) is 0 Å². The van der Waals surface area contributed by atoms with Crippen LogP contribution in [0.25, 0.3) is 0 Å². The highest BCUT2D eigenvalue weighted by molar-refractivity contribution is 9.09. The zero-order chi connectivity index (χ0) is 15.6. The SMILES string of the molecule is CCC(Br)Cc1ccc2c(c1)CCCN2C(=O)C(C)(C)C. The molecule has 116 valence electrons. The molecule has 0 aliphatic carbocycles. The standard InChI is InChI=1S/C18H26BrNO/c1-5-15(19)12-13-8-9-16-14(11-13)7-6-10-20(16)17(21)18(2,3)4/h8-9,11,15H,5-7,10,12H2,1-4H3. The highest BCUT2D eigenvalue weighted by Gasteiger charge is 2.30. The summed E-state index contributed by atoms with van der Waals surface area (Å²) in [6.45, 7) is 9.03. The van der Waals surface area contributed by atoms with E-state index in [0.717, 1.165) is 37.9 Å². The van der Waals surface area contributed by atoms with Crippen molar-refractivity contribution in [2.45, 2.75) is 58.2 Å². The molecule has 0 radical (unpaired) electrons. The zero-order valence-electron chi connectivity index (χ0n) is 13.6. The number of hydrogen-bond acceptors (Lipinski definition) is 1. The molecule has 0 saturated heterocycles. The van der Waals surface area contributed by atoms with Gasteiger partial charge in [-0.2, -0.15) is 0 Å². The monoisotopic (exact) mass is 351 g/mol. The van der Waals surface area contributed by atoms with Crippen molar-refractivity contribution in [1.29, 1.82) is 0 Å². The van der Waals surface area contributed by atoms with Crippen molar-refractivity contribution < 1.29 is 4.79 Å². The highest BCUT2D eigenvalue weighted by atomic mass is 79.9.